The summed E-state index contributed by atoms with van der Waals surface area (Å²) in [4.78, 5) is 2.28. The lowest BCUT2D eigenvalue weighted by Crippen LogP contribution is -2.49. The molecule has 0 amide bonds. The molecule has 19 heavy (non-hydrogen) atoms. The van der Waals surface area contributed by atoms with E-state index in [2.05, 4.69) is 24.0 Å². The van der Waals surface area contributed by atoms with Gasteiger partial charge < -0.3 is 0 Å². The predicted octanol–water partition coefficient (Wildman–Crippen LogP) is 1.95. The van der Waals surface area contributed by atoms with Gasteiger partial charge in [-0.25, -0.2) is 8.42 Å². The van der Waals surface area contributed by atoms with Crippen LogP contribution in [0.5, 0.6) is 0 Å². The number of rotatable bonds is 3. The summed E-state index contributed by atoms with van der Waals surface area (Å²) in [5.74, 6) is 0.230. The molecule has 1 saturated heterocycles. The lowest BCUT2D eigenvalue weighted by molar-refractivity contribution is 0.140. The molecule has 5 heteroatoms. The highest BCUT2D eigenvalue weighted by molar-refractivity contribution is 7.89. The lowest BCUT2D eigenvalue weighted by atomic mass is 10.1. The maximum atomic E-state index is 12.3. The first kappa shape index (κ1) is 13.1. The van der Waals surface area contributed by atoms with Crippen LogP contribution < -0.4 is 0 Å². The normalized spacial score (nSPS) is 26.1. The smallest absolute Gasteiger partial charge is 0.217 e. The summed E-state index contributed by atoms with van der Waals surface area (Å²) in [6.45, 7) is 4.16. The first-order valence-corrected chi connectivity index (χ1v) is 8.52. The van der Waals surface area contributed by atoms with Gasteiger partial charge in [0.2, 0.25) is 10.0 Å². The van der Waals surface area contributed by atoms with E-state index in [1.807, 2.05) is 12.1 Å². The summed E-state index contributed by atoms with van der Waals surface area (Å²) in [6.07, 6.45) is 1.96. The number of fused-ring (bicyclic) bond motifs is 3. The van der Waals surface area contributed by atoms with E-state index in [9.17, 15) is 8.42 Å². The molecule has 104 valence electrons. The summed E-state index contributed by atoms with van der Waals surface area (Å²) in [5, 5.41) is 0. The standard InChI is InChI=1S/C14H20N2O2S/c1-2-3-8-16-11-15-9-12-6-4-5-7-13(12)14(15)10-19(16,17)18/h4-7,14H,2-3,8-11H2,1H3. The van der Waals surface area contributed by atoms with Crippen LogP contribution in [-0.4, -0.2) is 36.6 Å². The molecule has 0 bridgehead atoms. The number of sulfonamides is 1. The fourth-order valence-electron chi connectivity index (χ4n) is 3.01. The summed E-state index contributed by atoms with van der Waals surface area (Å²) >= 11 is 0. The highest BCUT2D eigenvalue weighted by Gasteiger charge is 2.41. The van der Waals surface area contributed by atoms with Crippen LogP contribution in [0.15, 0.2) is 24.3 Å². The Bertz CT molecular complexity index is 571. The molecule has 2 heterocycles. The van der Waals surface area contributed by atoms with Crippen LogP contribution in [0.4, 0.5) is 0 Å². The van der Waals surface area contributed by atoms with Gasteiger partial charge in [0.15, 0.2) is 0 Å². The van der Waals surface area contributed by atoms with Gasteiger partial charge in [-0.05, 0) is 17.5 Å². The average Bonchev–Trinajstić information content (AvgIpc) is 2.72. The second-order valence-electron chi connectivity index (χ2n) is 5.41. The van der Waals surface area contributed by atoms with Crippen LogP contribution >= 0.6 is 0 Å². The molecule has 0 spiro atoms. The van der Waals surface area contributed by atoms with E-state index in [0.717, 1.165) is 19.4 Å². The fourth-order valence-corrected chi connectivity index (χ4v) is 4.74. The maximum Gasteiger partial charge on any atom is 0.217 e. The Kier molecular flexibility index (Phi) is 3.37. The third-order valence-corrected chi connectivity index (χ3v) is 5.91. The molecular weight excluding hydrogens is 260 g/mol. The van der Waals surface area contributed by atoms with Crippen molar-refractivity contribution in [2.24, 2.45) is 0 Å². The van der Waals surface area contributed by atoms with E-state index >= 15 is 0 Å². The lowest BCUT2D eigenvalue weighted by Gasteiger charge is -2.37. The third-order valence-electron chi connectivity index (χ3n) is 4.09. The Morgan fingerprint density at radius 3 is 2.89 bits per heavy atom. The van der Waals surface area contributed by atoms with Gasteiger partial charge in [-0.2, -0.15) is 4.31 Å². The molecule has 2 aliphatic heterocycles. The summed E-state index contributed by atoms with van der Waals surface area (Å²) in [5.41, 5.74) is 2.47. The topological polar surface area (TPSA) is 40.6 Å². The van der Waals surface area contributed by atoms with E-state index in [0.29, 0.717) is 13.2 Å². The summed E-state index contributed by atoms with van der Waals surface area (Å²) in [6, 6.07) is 8.26. The van der Waals surface area contributed by atoms with Gasteiger partial charge >= 0.3 is 0 Å². The van der Waals surface area contributed by atoms with Crippen molar-refractivity contribution >= 4 is 10.0 Å². The molecule has 2 aliphatic rings. The molecular formula is C14H20N2O2S. The minimum atomic E-state index is -3.10. The monoisotopic (exact) mass is 280 g/mol. The van der Waals surface area contributed by atoms with E-state index in [4.69, 9.17) is 0 Å². The van der Waals surface area contributed by atoms with Gasteiger partial charge in [0.05, 0.1) is 18.5 Å². The largest absolute Gasteiger partial charge is 0.277 e. The quantitative estimate of drug-likeness (QED) is 0.849. The van der Waals surface area contributed by atoms with Crippen LogP contribution in [0.25, 0.3) is 0 Å². The summed E-state index contributed by atoms with van der Waals surface area (Å²) in [7, 11) is -3.10. The van der Waals surface area contributed by atoms with E-state index in [-0.39, 0.29) is 11.8 Å². The molecule has 0 aliphatic carbocycles. The van der Waals surface area contributed by atoms with E-state index in [1.165, 1.54) is 11.1 Å². The van der Waals surface area contributed by atoms with Gasteiger partial charge in [-0.1, -0.05) is 37.6 Å². The molecule has 3 rings (SSSR count). The van der Waals surface area contributed by atoms with Gasteiger partial charge in [-0.15, -0.1) is 0 Å². The molecule has 0 saturated carbocycles. The minimum Gasteiger partial charge on any atom is -0.277 e. The minimum absolute atomic E-state index is 0.0547. The van der Waals surface area contributed by atoms with Crippen molar-refractivity contribution in [1.82, 2.24) is 9.21 Å². The Labute approximate surface area is 115 Å². The van der Waals surface area contributed by atoms with Crippen molar-refractivity contribution in [2.45, 2.75) is 32.4 Å². The molecule has 1 aromatic rings. The number of benzene rings is 1. The molecule has 0 radical (unpaired) electrons. The summed E-state index contributed by atoms with van der Waals surface area (Å²) < 4.78 is 26.3. The van der Waals surface area contributed by atoms with E-state index in [1.54, 1.807) is 4.31 Å². The van der Waals surface area contributed by atoms with Gasteiger partial charge in [-0.3, -0.25) is 4.90 Å². The van der Waals surface area contributed by atoms with Crippen molar-refractivity contribution in [3.8, 4) is 0 Å². The number of unbranched alkanes of at least 4 members (excludes halogenated alkanes) is 1. The van der Waals surface area contributed by atoms with Crippen LogP contribution in [-0.2, 0) is 16.6 Å². The number of hydrogen-bond acceptors (Lipinski definition) is 3. The second kappa shape index (κ2) is 4.89. The molecule has 1 aromatic carbocycles. The van der Waals surface area contributed by atoms with Crippen LogP contribution in [0.1, 0.15) is 36.9 Å². The molecule has 0 N–H and O–H groups in total. The van der Waals surface area contributed by atoms with Crippen molar-refractivity contribution in [3.63, 3.8) is 0 Å². The van der Waals surface area contributed by atoms with Gasteiger partial charge in [0, 0.05) is 13.1 Å². The SMILES string of the molecule is CCCCN1CN2Cc3ccccc3C2CS1(=O)=O. The molecule has 1 atom stereocenters. The Hall–Kier alpha value is -0.910. The van der Waals surface area contributed by atoms with Crippen LogP contribution in [0.3, 0.4) is 0 Å². The third kappa shape index (κ3) is 2.30. The zero-order valence-electron chi connectivity index (χ0n) is 11.2. The van der Waals surface area contributed by atoms with Gasteiger partial charge in [0.25, 0.3) is 0 Å². The van der Waals surface area contributed by atoms with Crippen LogP contribution in [0.2, 0.25) is 0 Å². The predicted molar refractivity (Wildman–Crippen MR) is 75.0 cm³/mol. The maximum absolute atomic E-state index is 12.3. The number of hydrogen-bond donors (Lipinski definition) is 0. The van der Waals surface area contributed by atoms with E-state index < -0.39 is 10.0 Å². The molecule has 4 nitrogen and oxygen atoms in total. The Balaban J connectivity index is 1.85. The van der Waals surface area contributed by atoms with Crippen molar-refractivity contribution in [1.29, 1.82) is 0 Å². The van der Waals surface area contributed by atoms with Crippen molar-refractivity contribution in [2.75, 3.05) is 19.0 Å². The molecule has 0 aromatic heterocycles. The first-order valence-electron chi connectivity index (χ1n) is 6.91. The van der Waals surface area contributed by atoms with Crippen LogP contribution in [0, 0.1) is 0 Å². The fraction of sp³-hybridized carbons (Fsp3) is 0.571. The second-order valence-corrected chi connectivity index (χ2v) is 7.42. The van der Waals surface area contributed by atoms with Crippen molar-refractivity contribution in [3.05, 3.63) is 35.4 Å². The Morgan fingerprint density at radius 2 is 2.11 bits per heavy atom. The average molecular weight is 280 g/mol. The van der Waals surface area contributed by atoms with Crippen molar-refractivity contribution < 1.29 is 8.42 Å². The highest BCUT2D eigenvalue weighted by Crippen LogP contribution is 2.38. The zero-order valence-corrected chi connectivity index (χ0v) is 12.1. The number of nitrogens with zero attached hydrogens (tertiary/aromatic N) is 2. The first-order chi connectivity index (χ1) is 9.12. The highest BCUT2D eigenvalue weighted by atomic mass is 32.2. The molecule has 1 fully saturated rings. The van der Waals surface area contributed by atoms with Gasteiger partial charge in [0.1, 0.15) is 0 Å². The molecule has 1 unspecified atom stereocenters. The Morgan fingerprint density at radius 1 is 1.32 bits per heavy atom. The zero-order chi connectivity index (χ0) is 13.5.